The van der Waals surface area contributed by atoms with Crippen molar-refractivity contribution >= 4 is 5.91 Å². The van der Waals surface area contributed by atoms with Gasteiger partial charge in [0.25, 0.3) is 0 Å². The van der Waals surface area contributed by atoms with Crippen LogP contribution in [0.3, 0.4) is 0 Å². The van der Waals surface area contributed by atoms with Gasteiger partial charge in [-0.2, -0.15) is 0 Å². The van der Waals surface area contributed by atoms with Crippen LogP contribution < -0.4 is 5.32 Å². The lowest BCUT2D eigenvalue weighted by Gasteiger charge is -2.20. The lowest BCUT2D eigenvalue weighted by molar-refractivity contribution is -0.129. The molecule has 1 amide bonds. The van der Waals surface area contributed by atoms with E-state index in [0.717, 1.165) is 19.5 Å². The zero-order chi connectivity index (χ0) is 13.4. The highest BCUT2D eigenvalue weighted by Crippen LogP contribution is 2.28. The van der Waals surface area contributed by atoms with E-state index in [1.165, 1.54) is 25.7 Å². The Morgan fingerprint density at radius 3 is 2.50 bits per heavy atom. The lowest BCUT2D eigenvalue weighted by Crippen LogP contribution is -2.40. The van der Waals surface area contributed by atoms with Crippen LogP contribution in [0.4, 0.5) is 0 Å². The van der Waals surface area contributed by atoms with Gasteiger partial charge in [0.1, 0.15) is 0 Å². The van der Waals surface area contributed by atoms with Crippen LogP contribution in [-0.4, -0.2) is 48.2 Å². The number of rotatable bonds is 8. The molecule has 1 unspecified atom stereocenters. The van der Waals surface area contributed by atoms with Crippen LogP contribution in [0, 0.1) is 5.92 Å². The van der Waals surface area contributed by atoms with Crippen molar-refractivity contribution in [3.05, 3.63) is 0 Å². The van der Waals surface area contributed by atoms with Crippen molar-refractivity contribution in [2.75, 3.05) is 26.2 Å². The molecule has 1 aliphatic carbocycles. The number of likely N-dealkylation sites (N-methyl/N-ethyl adjacent to an activating group) is 1. The second kappa shape index (κ2) is 8.48. The number of carbonyl (C=O) groups is 1. The monoisotopic (exact) mass is 256 g/mol. The summed E-state index contributed by atoms with van der Waals surface area (Å²) in [5.74, 6) is 0.813. The second-order valence-electron chi connectivity index (χ2n) is 5.24. The highest BCUT2D eigenvalue weighted by Gasteiger charge is 2.18. The summed E-state index contributed by atoms with van der Waals surface area (Å²) in [4.78, 5) is 13.5. The third-order valence-electron chi connectivity index (χ3n) is 3.85. The average molecular weight is 256 g/mol. The van der Waals surface area contributed by atoms with Gasteiger partial charge in [0.05, 0.1) is 12.6 Å². The summed E-state index contributed by atoms with van der Waals surface area (Å²) < 4.78 is 0. The number of hydrogen-bond donors (Lipinski definition) is 2. The Bertz CT molecular complexity index is 236. The first kappa shape index (κ1) is 15.4. The maximum absolute atomic E-state index is 11.7. The average Bonchev–Trinajstić information content (AvgIpc) is 2.83. The topological polar surface area (TPSA) is 52.6 Å². The number of nitrogens with one attached hydrogen (secondary N) is 1. The molecule has 1 saturated carbocycles. The molecule has 18 heavy (non-hydrogen) atoms. The normalized spacial score (nSPS) is 17.9. The maximum Gasteiger partial charge on any atom is 0.236 e. The van der Waals surface area contributed by atoms with Gasteiger partial charge in [-0.25, -0.2) is 0 Å². The quantitative estimate of drug-likeness (QED) is 0.690. The van der Waals surface area contributed by atoms with Gasteiger partial charge in [0.15, 0.2) is 0 Å². The summed E-state index contributed by atoms with van der Waals surface area (Å²) in [7, 11) is 0. The summed E-state index contributed by atoms with van der Waals surface area (Å²) in [5, 5.41) is 13.0. The Hall–Kier alpha value is -0.610. The molecule has 0 aromatic rings. The molecule has 0 aromatic carbocycles. The number of aliphatic hydroxyl groups excluding tert-OH is 1. The van der Waals surface area contributed by atoms with Crippen molar-refractivity contribution in [2.45, 2.75) is 52.1 Å². The molecule has 1 rings (SSSR count). The van der Waals surface area contributed by atoms with Crippen molar-refractivity contribution in [3.8, 4) is 0 Å². The van der Waals surface area contributed by atoms with Crippen LogP contribution >= 0.6 is 0 Å². The minimum Gasteiger partial charge on any atom is -0.392 e. The SMILES string of the molecule is CCN(CC)C(=O)CNCC(O)CC1CCCC1. The van der Waals surface area contributed by atoms with Crippen molar-refractivity contribution in [2.24, 2.45) is 5.92 Å². The largest absolute Gasteiger partial charge is 0.392 e. The first-order valence-electron chi connectivity index (χ1n) is 7.33. The van der Waals surface area contributed by atoms with E-state index in [1.54, 1.807) is 4.90 Å². The first-order chi connectivity index (χ1) is 8.67. The molecule has 0 radical (unpaired) electrons. The molecule has 1 aliphatic rings. The van der Waals surface area contributed by atoms with Crippen LogP contribution in [0.15, 0.2) is 0 Å². The molecule has 1 atom stereocenters. The Morgan fingerprint density at radius 2 is 1.94 bits per heavy atom. The summed E-state index contributed by atoms with van der Waals surface area (Å²) in [6.45, 7) is 6.34. The number of carbonyl (C=O) groups excluding carboxylic acids is 1. The maximum atomic E-state index is 11.7. The summed E-state index contributed by atoms with van der Waals surface area (Å²) in [5.41, 5.74) is 0. The molecule has 0 saturated heterocycles. The van der Waals surface area contributed by atoms with Gasteiger partial charge in [0, 0.05) is 19.6 Å². The Labute approximate surface area is 111 Å². The second-order valence-corrected chi connectivity index (χ2v) is 5.24. The zero-order valence-electron chi connectivity index (χ0n) is 11.8. The van der Waals surface area contributed by atoms with Gasteiger partial charge < -0.3 is 15.3 Å². The van der Waals surface area contributed by atoms with Gasteiger partial charge >= 0.3 is 0 Å². The van der Waals surface area contributed by atoms with Crippen LogP contribution in [-0.2, 0) is 4.79 Å². The van der Waals surface area contributed by atoms with E-state index in [2.05, 4.69) is 5.32 Å². The predicted molar refractivity (Wildman–Crippen MR) is 73.4 cm³/mol. The van der Waals surface area contributed by atoms with Gasteiger partial charge in [0.2, 0.25) is 5.91 Å². The van der Waals surface area contributed by atoms with Crippen molar-refractivity contribution in [1.82, 2.24) is 10.2 Å². The summed E-state index contributed by atoms with van der Waals surface area (Å²) in [6.07, 6.45) is 5.71. The molecule has 0 bridgehead atoms. The molecule has 4 heteroatoms. The van der Waals surface area contributed by atoms with Crippen LogP contribution in [0.25, 0.3) is 0 Å². The Morgan fingerprint density at radius 1 is 1.33 bits per heavy atom. The third kappa shape index (κ3) is 5.36. The van der Waals surface area contributed by atoms with E-state index >= 15 is 0 Å². The summed E-state index contributed by atoms with van der Waals surface area (Å²) in [6, 6.07) is 0. The standard InChI is InChI=1S/C14H28N2O2/c1-3-16(4-2)14(18)11-15-10-13(17)9-12-7-5-6-8-12/h12-13,15,17H,3-11H2,1-2H3. The van der Waals surface area contributed by atoms with Crippen LogP contribution in [0.1, 0.15) is 46.0 Å². The van der Waals surface area contributed by atoms with E-state index in [4.69, 9.17) is 0 Å². The third-order valence-corrected chi connectivity index (χ3v) is 3.85. The molecule has 1 fully saturated rings. The van der Waals surface area contributed by atoms with E-state index in [-0.39, 0.29) is 12.0 Å². The number of nitrogens with zero attached hydrogens (tertiary/aromatic N) is 1. The number of aliphatic hydroxyl groups is 1. The van der Waals surface area contributed by atoms with Gasteiger partial charge in [-0.3, -0.25) is 4.79 Å². The molecular weight excluding hydrogens is 228 g/mol. The summed E-state index contributed by atoms with van der Waals surface area (Å²) >= 11 is 0. The fraction of sp³-hybridized carbons (Fsp3) is 0.929. The zero-order valence-corrected chi connectivity index (χ0v) is 11.8. The highest BCUT2D eigenvalue weighted by atomic mass is 16.3. The highest BCUT2D eigenvalue weighted by molar-refractivity contribution is 5.78. The smallest absolute Gasteiger partial charge is 0.236 e. The number of hydrogen-bond acceptors (Lipinski definition) is 3. The Kier molecular flexibility index (Phi) is 7.28. The minimum absolute atomic E-state index is 0.119. The van der Waals surface area contributed by atoms with Crippen LogP contribution in [0.2, 0.25) is 0 Å². The van der Waals surface area contributed by atoms with Gasteiger partial charge in [-0.1, -0.05) is 25.7 Å². The fourth-order valence-electron chi connectivity index (χ4n) is 2.75. The molecule has 2 N–H and O–H groups in total. The van der Waals surface area contributed by atoms with Gasteiger partial charge in [-0.05, 0) is 26.2 Å². The number of amides is 1. The fourth-order valence-corrected chi connectivity index (χ4v) is 2.75. The Balaban J connectivity index is 2.10. The molecule has 0 spiro atoms. The molecular formula is C14H28N2O2. The minimum atomic E-state index is -0.308. The van der Waals surface area contributed by atoms with Crippen LogP contribution in [0.5, 0.6) is 0 Å². The van der Waals surface area contributed by atoms with E-state index < -0.39 is 0 Å². The first-order valence-corrected chi connectivity index (χ1v) is 7.33. The van der Waals surface area contributed by atoms with Gasteiger partial charge in [-0.15, -0.1) is 0 Å². The van der Waals surface area contributed by atoms with E-state index in [0.29, 0.717) is 19.0 Å². The molecule has 0 aromatic heterocycles. The molecule has 0 heterocycles. The van der Waals surface area contributed by atoms with E-state index in [9.17, 15) is 9.90 Å². The molecule has 4 nitrogen and oxygen atoms in total. The van der Waals surface area contributed by atoms with Crippen molar-refractivity contribution < 1.29 is 9.90 Å². The van der Waals surface area contributed by atoms with E-state index in [1.807, 2.05) is 13.8 Å². The molecule has 106 valence electrons. The molecule has 0 aliphatic heterocycles. The predicted octanol–water partition coefficient (Wildman–Crippen LogP) is 1.39. The van der Waals surface area contributed by atoms with Crippen molar-refractivity contribution in [1.29, 1.82) is 0 Å². The van der Waals surface area contributed by atoms with Crippen molar-refractivity contribution in [3.63, 3.8) is 0 Å². The lowest BCUT2D eigenvalue weighted by atomic mass is 10.0.